The summed E-state index contributed by atoms with van der Waals surface area (Å²) in [6.07, 6.45) is -4.64. The van der Waals surface area contributed by atoms with Crippen LogP contribution < -0.4 is 19.7 Å². The molecule has 3 rings (SSSR count). The van der Waals surface area contributed by atoms with Crippen LogP contribution in [-0.2, 0) is 11.0 Å². The van der Waals surface area contributed by atoms with Gasteiger partial charge in [0, 0.05) is 37.4 Å². The lowest BCUT2D eigenvalue weighted by molar-refractivity contribution is -0.137. The summed E-state index contributed by atoms with van der Waals surface area (Å²) in [4.78, 5) is 27.8. The van der Waals surface area contributed by atoms with Gasteiger partial charge in [-0.3, -0.25) is 9.59 Å². The van der Waals surface area contributed by atoms with Crippen molar-refractivity contribution in [1.29, 1.82) is 0 Å². The molecular weight excluding hydrogens is 439 g/mol. The average Bonchev–Trinajstić information content (AvgIpc) is 2.77. The van der Waals surface area contributed by atoms with Crippen LogP contribution in [0.2, 0.25) is 0 Å². The number of Topliss-reactive ketones (excluding diaryl/α,β-unsaturated/α-hetero) is 1. The van der Waals surface area contributed by atoms with Gasteiger partial charge in [-0.15, -0.1) is 0 Å². The Hall–Kier alpha value is -3.27. The first-order valence-corrected chi connectivity index (χ1v) is 10.3. The van der Waals surface area contributed by atoms with E-state index >= 15 is 0 Å². The number of nitrogens with zero attached hydrogens (tertiary/aromatic N) is 2. The van der Waals surface area contributed by atoms with Gasteiger partial charge in [0.2, 0.25) is 0 Å². The molecule has 178 valence electrons. The molecular formula is C23H26F3N3O4. The molecule has 1 saturated heterocycles. The van der Waals surface area contributed by atoms with Gasteiger partial charge in [-0.05, 0) is 50.4 Å². The molecule has 0 atom stereocenters. The number of nitrogens with one attached hydrogen (secondary N) is 1. The number of alkyl halides is 3. The molecule has 7 nitrogen and oxygen atoms in total. The van der Waals surface area contributed by atoms with Gasteiger partial charge in [0.15, 0.2) is 23.9 Å². The number of carbonyl (C=O) groups is 2. The zero-order valence-corrected chi connectivity index (χ0v) is 18.7. The van der Waals surface area contributed by atoms with Crippen molar-refractivity contribution in [3.05, 3.63) is 47.5 Å². The van der Waals surface area contributed by atoms with Crippen LogP contribution >= 0.6 is 0 Å². The molecule has 10 heteroatoms. The Morgan fingerprint density at radius 3 is 2.33 bits per heavy atom. The fourth-order valence-corrected chi connectivity index (χ4v) is 3.47. The lowest BCUT2D eigenvalue weighted by atomic mass is 10.1. The zero-order chi connectivity index (χ0) is 24.2. The molecule has 0 bridgehead atoms. The van der Waals surface area contributed by atoms with E-state index in [1.54, 1.807) is 6.07 Å². The van der Waals surface area contributed by atoms with Crippen molar-refractivity contribution >= 4 is 23.1 Å². The second-order valence-corrected chi connectivity index (χ2v) is 7.78. The number of ether oxygens (including phenoxy) is 2. The topological polar surface area (TPSA) is 71.1 Å². The van der Waals surface area contributed by atoms with Crippen LogP contribution in [-0.4, -0.2) is 63.5 Å². The number of benzene rings is 2. The normalized spacial score (nSPS) is 14.7. The average molecular weight is 465 g/mol. The van der Waals surface area contributed by atoms with E-state index in [1.165, 1.54) is 38.3 Å². The highest BCUT2D eigenvalue weighted by atomic mass is 19.4. The predicted octanol–water partition coefficient (Wildman–Crippen LogP) is 3.69. The highest BCUT2D eigenvalue weighted by Gasteiger charge is 2.35. The Bertz CT molecular complexity index is 1020. The predicted molar refractivity (Wildman–Crippen MR) is 118 cm³/mol. The molecule has 33 heavy (non-hydrogen) atoms. The molecule has 0 saturated carbocycles. The minimum atomic E-state index is -4.64. The van der Waals surface area contributed by atoms with Crippen molar-refractivity contribution < 1.29 is 32.2 Å². The molecule has 1 aliphatic rings. The van der Waals surface area contributed by atoms with Crippen LogP contribution in [0.25, 0.3) is 0 Å². The highest BCUT2D eigenvalue weighted by Crippen LogP contribution is 2.37. The summed E-state index contributed by atoms with van der Waals surface area (Å²) in [6.45, 7) is 3.63. The van der Waals surface area contributed by atoms with E-state index in [4.69, 9.17) is 9.47 Å². The van der Waals surface area contributed by atoms with E-state index in [1.807, 2.05) is 11.9 Å². The monoisotopic (exact) mass is 465 g/mol. The SMILES string of the molecule is COc1cc(C(C)=O)ccc1OCC(=O)Nc1ccc(N2CCN(C)CC2)cc1C(F)(F)F. The minimum Gasteiger partial charge on any atom is -0.493 e. The summed E-state index contributed by atoms with van der Waals surface area (Å²) in [6, 6.07) is 8.34. The number of piperazine rings is 1. The van der Waals surface area contributed by atoms with Crippen molar-refractivity contribution in [2.24, 2.45) is 0 Å². The van der Waals surface area contributed by atoms with E-state index in [0.717, 1.165) is 19.2 Å². The van der Waals surface area contributed by atoms with Gasteiger partial charge in [0.1, 0.15) is 0 Å². The number of hydrogen-bond donors (Lipinski definition) is 1. The van der Waals surface area contributed by atoms with Gasteiger partial charge in [0.05, 0.1) is 18.4 Å². The number of halogens is 3. The molecule has 0 spiro atoms. The Morgan fingerprint density at radius 2 is 1.73 bits per heavy atom. The Kier molecular flexibility index (Phi) is 7.47. The van der Waals surface area contributed by atoms with E-state index in [2.05, 4.69) is 10.2 Å². The van der Waals surface area contributed by atoms with Gasteiger partial charge < -0.3 is 24.6 Å². The van der Waals surface area contributed by atoms with E-state index in [9.17, 15) is 22.8 Å². The van der Waals surface area contributed by atoms with Crippen LogP contribution in [0.4, 0.5) is 24.5 Å². The first kappa shape index (κ1) is 24.4. The number of anilines is 2. The van der Waals surface area contributed by atoms with Crippen molar-refractivity contribution in [3.63, 3.8) is 0 Å². The third kappa shape index (κ3) is 6.16. The zero-order valence-electron chi connectivity index (χ0n) is 18.7. The van der Waals surface area contributed by atoms with E-state index in [-0.39, 0.29) is 23.0 Å². The van der Waals surface area contributed by atoms with Crippen molar-refractivity contribution in [2.75, 3.05) is 57.2 Å². The van der Waals surface area contributed by atoms with Crippen LogP contribution in [0, 0.1) is 0 Å². The molecule has 1 N–H and O–H groups in total. The van der Waals surface area contributed by atoms with Crippen molar-refractivity contribution in [2.45, 2.75) is 13.1 Å². The Balaban J connectivity index is 1.72. The second kappa shape index (κ2) is 10.1. The highest BCUT2D eigenvalue weighted by molar-refractivity contribution is 5.95. The molecule has 0 aliphatic carbocycles. The summed E-state index contributed by atoms with van der Waals surface area (Å²) in [5, 5.41) is 2.29. The minimum absolute atomic E-state index is 0.169. The number of rotatable bonds is 7. The standard InChI is InChI=1S/C23H26F3N3O4/c1-15(30)16-4-7-20(21(12-16)32-3)33-14-22(31)27-19-6-5-17(13-18(19)23(24,25)26)29-10-8-28(2)9-11-29/h4-7,12-13H,8-11,14H2,1-3H3,(H,27,31). The Morgan fingerprint density at radius 1 is 1.03 bits per heavy atom. The number of likely N-dealkylation sites (N-methyl/N-ethyl adjacent to an activating group) is 1. The van der Waals surface area contributed by atoms with Crippen LogP contribution in [0.1, 0.15) is 22.8 Å². The van der Waals surface area contributed by atoms with Gasteiger partial charge in [0.25, 0.3) is 5.91 Å². The quantitative estimate of drug-likeness (QED) is 0.629. The maximum absolute atomic E-state index is 13.7. The summed E-state index contributed by atoms with van der Waals surface area (Å²) < 4.78 is 51.7. The van der Waals surface area contributed by atoms with Crippen molar-refractivity contribution in [1.82, 2.24) is 4.90 Å². The maximum Gasteiger partial charge on any atom is 0.418 e. The lowest BCUT2D eigenvalue weighted by Gasteiger charge is -2.34. The molecule has 1 fully saturated rings. The molecule has 2 aromatic rings. The number of ketones is 1. The van der Waals surface area contributed by atoms with Crippen LogP contribution in [0.3, 0.4) is 0 Å². The van der Waals surface area contributed by atoms with Crippen LogP contribution in [0.5, 0.6) is 11.5 Å². The summed E-state index contributed by atoms with van der Waals surface area (Å²) in [7, 11) is 3.34. The fourth-order valence-electron chi connectivity index (χ4n) is 3.47. The third-order valence-corrected chi connectivity index (χ3v) is 5.38. The summed E-state index contributed by atoms with van der Waals surface area (Å²) in [5.41, 5.74) is -0.401. The molecule has 2 aromatic carbocycles. The fraction of sp³-hybridized carbons (Fsp3) is 0.391. The summed E-state index contributed by atoms with van der Waals surface area (Å²) >= 11 is 0. The van der Waals surface area contributed by atoms with Crippen LogP contribution in [0.15, 0.2) is 36.4 Å². The first-order chi connectivity index (χ1) is 15.6. The second-order valence-electron chi connectivity index (χ2n) is 7.78. The largest absolute Gasteiger partial charge is 0.493 e. The molecule has 1 heterocycles. The Labute approximate surface area is 190 Å². The number of carbonyl (C=O) groups excluding carboxylic acids is 2. The van der Waals surface area contributed by atoms with Crippen molar-refractivity contribution in [3.8, 4) is 11.5 Å². The smallest absolute Gasteiger partial charge is 0.418 e. The van der Waals surface area contributed by atoms with Gasteiger partial charge in [-0.1, -0.05) is 0 Å². The maximum atomic E-state index is 13.7. The van der Waals surface area contributed by atoms with E-state index < -0.39 is 24.3 Å². The first-order valence-electron chi connectivity index (χ1n) is 10.3. The number of hydrogen-bond acceptors (Lipinski definition) is 6. The van der Waals surface area contributed by atoms with Gasteiger partial charge in [-0.25, -0.2) is 0 Å². The number of methoxy groups -OCH3 is 1. The summed E-state index contributed by atoms with van der Waals surface area (Å²) in [5.74, 6) is -0.495. The number of amides is 1. The van der Waals surface area contributed by atoms with Gasteiger partial charge in [-0.2, -0.15) is 13.2 Å². The molecule has 0 aromatic heterocycles. The molecule has 0 radical (unpaired) electrons. The molecule has 1 aliphatic heterocycles. The lowest BCUT2D eigenvalue weighted by Crippen LogP contribution is -2.44. The molecule has 0 unspecified atom stereocenters. The molecule has 1 amide bonds. The van der Waals surface area contributed by atoms with Gasteiger partial charge >= 0.3 is 6.18 Å². The third-order valence-electron chi connectivity index (χ3n) is 5.38. The van der Waals surface area contributed by atoms with E-state index in [0.29, 0.717) is 24.3 Å².